The number of likely N-dealkylation sites (N-methyl/N-ethyl adjacent to an activating group) is 1. The first-order valence-electron chi connectivity index (χ1n) is 4.66. The van der Waals surface area contributed by atoms with E-state index in [0.717, 1.165) is 17.1 Å². The monoisotopic (exact) mass is 233 g/mol. The molecule has 0 saturated carbocycles. The lowest BCUT2D eigenvalue weighted by atomic mass is 10.2. The van der Waals surface area contributed by atoms with E-state index in [2.05, 4.69) is 17.6 Å². The van der Waals surface area contributed by atoms with Crippen molar-refractivity contribution in [2.45, 2.75) is 19.9 Å². The molecule has 1 aromatic heterocycles. The number of rotatable bonds is 5. The lowest BCUT2D eigenvalue weighted by Crippen LogP contribution is -2.24. The highest BCUT2D eigenvalue weighted by molar-refractivity contribution is 7.10. The van der Waals surface area contributed by atoms with E-state index in [-0.39, 0.29) is 6.04 Å². The third-order valence-corrected chi connectivity index (χ3v) is 3.85. The van der Waals surface area contributed by atoms with Gasteiger partial charge >= 0.3 is 0 Å². The summed E-state index contributed by atoms with van der Waals surface area (Å²) in [5, 5.41) is 6.31. The Labute approximate surface area is 94.2 Å². The first kappa shape index (κ1) is 12.0. The van der Waals surface area contributed by atoms with Gasteiger partial charge in [-0.05, 0) is 24.4 Å². The second-order valence-electron chi connectivity index (χ2n) is 3.16. The highest BCUT2D eigenvalue weighted by atomic mass is 35.5. The van der Waals surface area contributed by atoms with Crippen LogP contribution in [0.1, 0.15) is 23.4 Å². The fourth-order valence-corrected chi connectivity index (χ4v) is 2.71. The summed E-state index contributed by atoms with van der Waals surface area (Å²) in [5.74, 6) is 0. The van der Waals surface area contributed by atoms with Crippen LogP contribution in [0, 0.1) is 6.92 Å². The molecule has 0 bridgehead atoms. The van der Waals surface area contributed by atoms with Crippen LogP contribution >= 0.6 is 22.9 Å². The summed E-state index contributed by atoms with van der Waals surface area (Å²) in [7, 11) is 1.71. The molecule has 80 valence electrons. The van der Waals surface area contributed by atoms with Crippen LogP contribution in [0.2, 0.25) is 5.02 Å². The van der Waals surface area contributed by atoms with Crippen LogP contribution in [0.3, 0.4) is 0 Å². The quantitative estimate of drug-likeness (QED) is 0.844. The lowest BCUT2D eigenvalue weighted by molar-refractivity contribution is 0.169. The van der Waals surface area contributed by atoms with Gasteiger partial charge in [0.1, 0.15) is 0 Å². The fourth-order valence-electron chi connectivity index (χ4n) is 1.33. The summed E-state index contributed by atoms with van der Waals surface area (Å²) < 4.78 is 5.16. The minimum atomic E-state index is 0.219. The summed E-state index contributed by atoms with van der Waals surface area (Å²) in [5.41, 5.74) is 1.14. The average molecular weight is 234 g/mol. The maximum absolute atomic E-state index is 6.19. The third kappa shape index (κ3) is 2.70. The van der Waals surface area contributed by atoms with Crippen LogP contribution in [0.4, 0.5) is 0 Å². The van der Waals surface area contributed by atoms with Crippen LogP contribution in [-0.4, -0.2) is 20.3 Å². The molecule has 0 aromatic carbocycles. The minimum Gasteiger partial charge on any atom is -0.383 e. The Hall–Kier alpha value is -0.0900. The van der Waals surface area contributed by atoms with E-state index in [1.54, 1.807) is 18.4 Å². The maximum atomic E-state index is 6.19. The molecule has 2 nitrogen and oxygen atoms in total. The van der Waals surface area contributed by atoms with Crippen LogP contribution < -0.4 is 5.32 Å². The smallest absolute Gasteiger partial charge is 0.0667 e. The highest BCUT2D eigenvalue weighted by Gasteiger charge is 2.16. The number of aryl methyl sites for hydroxylation is 1. The van der Waals surface area contributed by atoms with E-state index >= 15 is 0 Å². The van der Waals surface area contributed by atoms with E-state index < -0.39 is 0 Å². The Morgan fingerprint density at radius 2 is 2.36 bits per heavy atom. The molecule has 0 radical (unpaired) electrons. The fraction of sp³-hybridized carbons (Fsp3) is 0.600. The number of ether oxygens (including phenoxy) is 1. The Morgan fingerprint density at radius 1 is 1.64 bits per heavy atom. The standard InChI is InChI=1S/C10H16ClNOS/c1-4-12-8(5-13-3)10-9(11)7(2)6-14-10/h6,8,12H,4-5H2,1-3H3. The van der Waals surface area contributed by atoms with E-state index in [0.29, 0.717) is 6.61 Å². The van der Waals surface area contributed by atoms with Crippen molar-refractivity contribution in [3.63, 3.8) is 0 Å². The molecular formula is C10H16ClNOS. The zero-order chi connectivity index (χ0) is 10.6. The van der Waals surface area contributed by atoms with Crippen molar-refractivity contribution >= 4 is 22.9 Å². The van der Waals surface area contributed by atoms with E-state index in [9.17, 15) is 0 Å². The maximum Gasteiger partial charge on any atom is 0.0667 e. The molecule has 0 aliphatic carbocycles. The van der Waals surface area contributed by atoms with Crippen LogP contribution in [-0.2, 0) is 4.74 Å². The molecule has 4 heteroatoms. The Bertz CT molecular complexity index is 282. The van der Waals surface area contributed by atoms with Gasteiger partial charge in [-0.2, -0.15) is 0 Å². The van der Waals surface area contributed by atoms with Gasteiger partial charge in [0, 0.05) is 12.0 Å². The highest BCUT2D eigenvalue weighted by Crippen LogP contribution is 2.32. The number of methoxy groups -OCH3 is 1. The van der Waals surface area contributed by atoms with E-state index in [4.69, 9.17) is 16.3 Å². The van der Waals surface area contributed by atoms with Gasteiger partial charge in [-0.25, -0.2) is 0 Å². The summed E-state index contributed by atoms with van der Waals surface area (Å²) in [4.78, 5) is 1.17. The molecule has 1 unspecified atom stereocenters. The molecule has 0 fully saturated rings. The largest absolute Gasteiger partial charge is 0.383 e. The SMILES string of the molecule is CCNC(COC)c1scc(C)c1Cl. The Kier molecular flexibility index (Phi) is 4.89. The van der Waals surface area contributed by atoms with Crippen molar-refractivity contribution in [2.75, 3.05) is 20.3 Å². The molecule has 1 aromatic rings. The minimum absolute atomic E-state index is 0.219. The summed E-state index contributed by atoms with van der Waals surface area (Å²) in [6.45, 7) is 5.68. The molecule has 14 heavy (non-hydrogen) atoms. The molecule has 0 aliphatic rings. The van der Waals surface area contributed by atoms with Crippen molar-refractivity contribution in [3.8, 4) is 0 Å². The van der Waals surface area contributed by atoms with Crippen LogP contribution in [0.5, 0.6) is 0 Å². The molecular weight excluding hydrogens is 218 g/mol. The number of halogens is 1. The molecule has 1 rings (SSSR count). The molecule has 1 atom stereocenters. The van der Waals surface area contributed by atoms with Gasteiger partial charge in [0.2, 0.25) is 0 Å². The van der Waals surface area contributed by atoms with Crippen LogP contribution in [0.25, 0.3) is 0 Å². The van der Waals surface area contributed by atoms with Crippen molar-refractivity contribution in [1.29, 1.82) is 0 Å². The molecule has 1 N–H and O–H groups in total. The third-order valence-electron chi connectivity index (χ3n) is 2.03. The zero-order valence-electron chi connectivity index (χ0n) is 8.76. The van der Waals surface area contributed by atoms with Crippen LogP contribution in [0.15, 0.2) is 5.38 Å². The van der Waals surface area contributed by atoms with Gasteiger partial charge in [-0.3, -0.25) is 0 Å². The predicted octanol–water partition coefficient (Wildman–Crippen LogP) is 3.01. The predicted molar refractivity (Wildman–Crippen MR) is 62.4 cm³/mol. The molecule has 0 saturated heterocycles. The number of thiophene rings is 1. The molecule has 0 aliphatic heterocycles. The van der Waals surface area contributed by atoms with Crippen molar-refractivity contribution in [1.82, 2.24) is 5.32 Å². The summed E-state index contributed by atoms with van der Waals surface area (Å²) >= 11 is 7.88. The number of hydrogen-bond acceptors (Lipinski definition) is 3. The zero-order valence-corrected chi connectivity index (χ0v) is 10.3. The first-order chi connectivity index (χ1) is 6.70. The van der Waals surface area contributed by atoms with Gasteiger partial charge < -0.3 is 10.1 Å². The Morgan fingerprint density at radius 3 is 2.79 bits per heavy atom. The first-order valence-corrected chi connectivity index (χ1v) is 5.92. The van der Waals surface area contributed by atoms with Crippen molar-refractivity contribution in [2.24, 2.45) is 0 Å². The van der Waals surface area contributed by atoms with Gasteiger partial charge in [-0.15, -0.1) is 11.3 Å². The van der Waals surface area contributed by atoms with Crippen molar-refractivity contribution in [3.05, 3.63) is 20.8 Å². The van der Waals surface area contributed by atoms with Gasteiger partial charge in [-0.1, -0.05) is 18.5 Å². The molecule has 1 heterocycles. The second kappa shape index (κ2) is 5.71. The second-order valence-corrected chi connectivity index (χ2v) is 4.45. The molecule has 0 amide bonds. The van der Waals surface area contributed by atoms with E-state index in [1.165, 1.54) is 4.88 Å². The normalized spacial score (nSPS) is 13.1. The summed E-state index contributed by atoms with van der Waals surface area (Å²) in [6, 6.07) is 0.219. The molecule has 0 spiro atoms. The Balaban J connectivity index is 2.81. The number of nitrogens with one attached hydrogen (secondary N) is 1. The van der Waals surface area contributed by atoms with Crippen molar-refractivity contribution < 1.29 is 4.74 Å². The van der Waals surface area contributed by atoms with E-state index in [1.807, 2.05) is 6.92 Å². The summed E-state index contributed by atoms with van der Waals surface area (Å²) in [6.07, 6.45) is 0. The van der Waals surface area contributed by atoms with Gasteiger partial charge in [0.25, 0.3) is 0 Å². The van der Waals surface area contributed by atoms with Gasteiger partial charge in [0.05, 0.1) is 17.7 Å². The topological polar surface area (TPSA) is 21.3 Å². The van der Waals surface area contributed by atoms with Gasteiger partial charge in [0.15, 0.2) is 0 Å². The number of hydrogen-bond donors (Lipinski definition) is 1. The lowest BCUT2D eigenvalue weighted by Gasteiger charge is -2.15. The average Bonchev–Trinajstić information content (AvgIpc) is 2.48.